The molecule has 10 heteroatoms. The van der Waals surface area contributed by atoms with Crippen molar-refractivity contribution < 1.29 is 14.6 Å². The smallest absolute Gasteiger partial charge is 0.327 e. The van der Waals surface area contributed by atoms with Gasteiger partial charge in [-0.25, -0.2) is 14.6 Å². The van der Waals surface area contributed by atoms with Crippen LogP contribution in [-0.2, 0) is 16.1 Å². The lowest BCUT2D eigenvalue weighted by Gasteiger charge is -2.15. The molecule has 2 N–H and O–H groups in total. The summed E-state index contributed by atoms with van der Waals surface area (Å²) in [7, 11) is 1.30. The van der Waals surface area contributed by atoms with E-state index in [0.29, 0.717) is 32.5 Å². The molecule has 26 heavy (non-hydrogen) atoms. The summed E-state index contributed by atoms with van der Waals surface area (Å²) in [6.45, 7) is 0.0616. The Hall–Kier alpha value is -2.42. The first-order valence-corrected chi connectivity index (χ1v) is 8.36. The molecule has 136 valence electrons. The largest absolute Gasteiger partial charge is 0.468 e. The molecule has 8 nitrogen and oxygen atoms in total. The Balaban J connectivity index is 1.80. The molecule has 2 heterocycles. The Morgan fingerprint density at radius 3 is 2.77 bits per heavy atom. The molecule has 3 aromatic rings. The third-order valence-corrected chi connectivity index (χ3v) is 4.40. The van der Waals surface area contributed by atoms with Gasteiger partial charge in [0, 0.05) is 22.2 Å². The van der Waals surface area contributed by atoms with E-state index in [4.69, 9.17) is 23.2 Å². The fraction of sp³-hybridized carbons (Fsp3) is 0.250. The highest BCUT2D eigenvalue weighted by Gasteiger charge is 2.17. The number of anilines is 1. The SMILES string of the molecule is COC(=O)Cn1ncc2c(NCC(O)c3c(Cl)cccc3Cl)ncnc21. The number of methoxy groups -OCH3 is 1. The number of nitrogens with zero attached hydrogens (tertiary/aromatic N) is 4. The van der Waals surface area contributed by atoms with E-state index in [-0.39, 0.29) is 13.1 Å². The van der Waals surface area contributed by atoms with E-state index in [1.807, 2.05) is 0 Å². The lowest BCUT2D eigenvalue weighted by atomic mass is 10.1. The molecule has 0 saturated carbocycles. The fourth-order valence-electron chi connectivity index (χ4n) is 2.46. The number of hydrogen-bond acceptors (Lipinski definition) is 7. The number of rotatable bonds is 6. The molecule has 2 aromatic heterocycles. The van der Waals surface area contributed by atoms with Crippen molar-refractivity contribution in [2.75, 3.05) is 19.0 Å². The number of aliphatic hydroxyl groups excluding tert-OH is 1. The minimum Gasteiger partial charge on any atom is -0.468 e. The van der Waals surface area contributed by atoms with Crippen LogP contribution in [0.4, 0.5) is 5.82 Å². The van der Waals surface area contributed by atoms with Crippen molar-refractivity contribution in [2.24, 2.45) is 0 Å². The molecule has 0 radical (unpaired) electrons. The van der Waals surface area contributed by atoms with Gasteiger partial charge in [-0.1, -0.05) is 29.3 Å². The van der Waals surface area contributed by atoms with Gasteiger partial charge >= 0.3 is 5.97 Å². The van der Waals surface area contributed by atoms with Crippen LogP contribution in [0, 0.1) is 0 Å². The molecule has 0 fully saturated rings. The van der Waals surface area contributed by atoms with Gasteiger partial charge in [0.1, 0.15) is 18.7 Å². The molecule has 3 rings (SSSR count). The van der Waals surface area contributed by atoms with Crippen LogP contribution >= 0.6 is 23.2 Å². The zero-order valence-electron chi connectivity index (χ0n) is 13.7. The molecule has 0 aliphatic carbocycles. The van der Waals surface area contributed by atoms with Crippen LogP contribution in [0.1, 0.15) is 11.7 Å². The summed E-state index contributed by atoms with van der Waals surface area (Å²) in [6, 6.07) is 5.02. The van der Waals surface area contributed by atoms with Crippen LogP contribution in [-0.4, -0.2) is 44.5 Å². The van der Waals surface area contributed by atoms with Crippen LogP contribution in [0.15, 0.2) is 30.7 Å². The van der Waals surface area contributed by atoms with Gasteiger partial charge in [-0.05, 0) is 12.1 Å². The van der Waals surface area contributed by atoms with Crippen molar-refractivity contribution in [3.8, 4) is 0 Å². The molecular formula is C16H15Cl2N5O3. The molecule has 0 bridgehead atoms. The number of carbonyl (C=O) groups excluding carboxylic acids is 1. The summed E-state index contributed by atoms with van der Waals surface area (Å²) >= 11 is 12.2. The van der Waals surface area contributed by atoms with Gasteiger partial charge in [-0.3, -0.25) is 4.79 Å². The molecule has 1 aromatic carbocycles. The van der Waals surface area contributed by atoms with Gasteiger partial charge in [-0.15, -0.1) is 0 Å². The Morgan fingerprint density at radius 1 is 1.35 bits per heavy atom. The van der Waals surface area contributed by atoms with Gasteiger partial charge in [0.25, 0.3) is 0 Å². The maximum absolute atomic E-state index is 11.4. The zero-order valence-corrected chi connectivity index (χ0v) is 15.2. The second kappa shape index (κ2) is 7.86. The zero-order chi connectivity index (χ0) is 18.7. The molecule has 0 aliphatic heterocycles. The summed E-state index contributed by atoms with van der Waals surface area (Å²) in [6.07, 6.45) is 1.94. The highest BCUT2D eigenvalue weighted by molar-refractivity contribution is 6.36. The molecule has 1 atom stereocenters. The van der Waals surface area contributed by atoms with Crippen molar-refractivity contribution in [2.45, 2.75) is 12.6 Å². The minimum atomic E-state index is -0.939. The van der Waals surface area contributed by atoms with Crippen LogP contribution in [0.3, 0.4) is 0 Å². The van der Waals surface area contributed by atoms with Gasteiger partial charge in [0.2, 0.25) is 0 Å². The number of fused-ring (bicyclic) bond motifs is 1. The number of esters is 1. The summed E-state index contributed by atoms with van der Waals surface area (Å²) < 4.78 is 6.05. The van der Waals surface area contributed by atoms with E-state index >= 15 is 0 Å². The second-order valence-corrected chi connectivity index (χ2v) is 6.18. The number of carbonyl (C=O) groups is 1. The fourth-order valence-corrected chi connectivity index (χ4v) is 3.11. The van der Waals surface area contributed by atoms with E-state index in [2.05, 4.69) is 25.1 Å². The number of ether oxygens (including phenoxy) is 1. The normalized spacial score (nSPS) is 12.2. The molecule has 0 amide bonds. The van der Waals surface area contributed by atoms with Crippen molar-refractivity contribution >= 4 is 46.0 Å². The van der Waals surface area contributed by atoms with Gasteiger partial charge < -0.3 is 15.2 Å². The lowest BCUT2D eigenvalue weighted by Crippen LogP contribution is -2.15. The van der Waals surface area contributed by atoms with E-state index in [1.165, 1.54) is 24.3 Å². The summed E-state index contributed by atoms with van der Waals surface area (Å²) in [5.74, 6) is 0.0280. The van der Waals surface area contributed by atoms with E-state index < -0.39 is 12.1 Å². The third-order valence-electron chi connectivity index (χ3n) is 3.74. The summed E-state index contributed by atoms with van der Waals surface area (Å²) in [5.41, 5.74) is 0.910. The average molecular weight is 396 g/mol. The number of halogens is 2. The highest BCUT2D eigenvalue weighted by atomic mass is 35.5. The van der Waals surface area contributed by atoms with Crippen molar-refractivity contribution in [3.63, 3.8) is 0 Å². The number of benzene rings is 1. The Labute approximate surface area is 158 Å². The number of nitrogens with one attached hydrogen (secondary N) is 1. The molecular weight excluding hydrogens is 381 g/mol. The first kappa shape index (κ1) is 18.4. The Kier molecular flexibility index (Phi) is 5.55. The van der Waals surface area contributed by atoms with Crippen molar-refractivity contribution in [1.29, 1.82) is 0 Å². The van der Waals surface area contributed by atoms with E-state index in [0.717, 1.165) is 0 Å². The molecule has 0 saturated heterocycles. The minimum absolute atomic E-state index is 0.0612. The first-order chi connectivity index (χ1) is 12.5. The molecule has 0 aliphatic rings. The average Bonchev–Trinajstić information content (AvgIpc) is 3.03. The Bertz CT molecular complexity index is 927. The number of aliphatic hydroxyl groups is 1. The quantitative estimate of drug-likeness (QED) is 0.617. The monoisotopic (exact) mass is 395 g/mol. The third kappa shape index (κ3) is 3.72. The lowest BCUT2D eigenvalue weighted by molar-refractivity contribution is -0.141. The van der Waals surface area contributed by atoms with Gasteiger partial charge in [0.05, 0.1) is 24.8 Å². The summed E-state index contributed by atoms with van der Waals surface area (Å²) in [4.78, 5) is 19.7. The molecule has 0 spiro atoms. The van der Waals surface area contributed by atoms with Crippen LogP contribution in [0.25, 0.3) is 11.0 Å². The van der Waals surface area contributed by atoms with Crippen molar-refractivity contribution in [1.82, 2.24) is 19.7 Å². The highest BCUT2D eigenvalue weighted by Crippen LogP contribution is 2.30. The maximum atomic E-state index is 11.4. The van der Waals surface area contributed by atoms with Gasteiger partial charge in [0.15, 0.2) is 5.65 Å². The number of hydrogen-bond donors (Lipinski definition) is 2. The van der Waals surface area contributed by atoms with Gasteiger partial charge in [-0.2, -0.15) is 5.10 Å². The topological polar surface area (TPSA) is 102 Å². The predicted molar refractivity (Wildman–Crippen MR) is 97.3 cm³/mol. The van der Waals surface area contributed by atoms with Crippen LogP contribution < -0.4 is 5.32 Å². The van der Waals surface area contributed by atoms with Crippen LogP contribution in [0.5, 0.6) is 0 Å². The predicted octanol–water partition coefficient (Wildman–Crippen LogP) is 2.45. The van der Waals surface area contributed by atoms with Crippen molar-refractivity contribution in [3.05, 3.63) is 46.3 Å². The summed E-state index contributed by atoms with van der Waals surface area (Å²) in [5, 5.41) is 18.9. The Morgan fingerprint density at radius 2 is 2.08 bits per heavy atom. The molecule has 1 unspecified atom stereocenters. The van der Waals surface area contributed by atoms with E-state index in [9.17, 15) is 9.90 Å². The van der Waals surface area contributed by atoms with Crippen LogP contribution in [0.2, 0.25) is 10.0 Å². The standard InChI is InChI=1S/C16H15Cl2N5O3/c1-26-13(25)7-23-16-9(5-22-23)15(20-8-21-16)19-6-12(24)14-10(17)3-2-4-11(14)18/h2-5,8,12,24H,6-7H2,1H3,(H,19,20,21). The van der Waals surface area contributed by atoms with E-state index in [1.54, 1.807) is 18.2 Å². The second-order valence-electron chi connectivity index (χ2n) is 5.37. The number of aromatic nitrogens is 4. The first-order valence-electron chi connectivity index (χ1n) is 7.60. The maximum Gasteiger partial charge on any atom is 0.327 e.